The minimum atomic E-state index is -0.200. The lowest BCUT2D eigenvalue weighted by molar-refractivity contribution is 0.102. The van der Waals surface area contributed by atoms with Crippen LogP contribution in [0.15, 0.2) is 85.1 Å². The number of carbonyl (C=O) groups is 1. The molecule has 4 aromatic rings. The zero-order valence-corrected chi connectivity index (χ0v) is 15.9. The van der Waals surface area contributed by atoms with E-state index in [1.807, 2.05) is 48.7 Å². The van der Waals surface area contributed by atoms with Crippen molar-refractivity contribution in [2.24, 2.45) is 0 Å². The summed E-state index contributed by atoms with van der Waals surface area (Å²) < 4.78 is 6.98. The minimum absolute atomic E-state index is 0.200. The first-order valence-electron chi connectivity index (χ1n) is 9.21. The third-order valence-electron chi connectivity index (χ3n) is 4.47. The molecule has 1 heterocycles. The highest BCUT2D eigenvalue weighted by Gasteiger charge is 2.09. The van der Waals surface area contributed by atoms with Crippen molar-refractivity contribution in [1.82, 2.24) is 15.0 Å². The highest BCUT2D eigenvalue weighted by atomic mass is 16.5. The van der Waals surface area contributed by atoms with E-state index in [1.54, 1.807) is 36.1 Å². The van der Waals surface area contributed by atoms with E-state index in [1.165, 1.54) is 0 Å². The second kappa shape index (κ2) is 8.39. The number of carbonyl (C=O) groups excluding carboxylic acids is 1. The Kier molecular flexibility index (Phi) is 5.33. The first kappa shape index (κ1) is 18.4. The molecule has 0 bridgehead atoms. The molecule has 4 rings (SSSR count). The van der Waals surface area contributed by atoms with Crippen LogP contribution >= 0.6 is 0 Å². The fraction of sp³-hybridized carbons (Fsp3) is 0.0870. The van der Waals surface area contributed by atoms with Crippen molar-refractivity contribution in [2.75, 3.05) is 12.4 Å². The summed E-state index contributed by atoms with van der Waals surface area (Å²) in [6.07, 6.45) is 1.90. The van der Waals surface area contributed by atoms with Crippen LogP contribution < -0.4 is 10.1 Å². The molecule has 0 unspecified atom stereocenters. The van der Waals surface area contributed by atoms with E-state index in [0.717, 1.165) is 16.8 Å². The normalized spacial score (nSPS) is 10.5. The van der Waals surface area contributed by atoms with E-state index in [-0.39, 0.29) is 5.91 Å². The average Bonchev–Trinajstić information content (AvgIpc) is 3.23. The number of amides is 1. The van der Waals surface area contributed by atoms with E-state index in [0.29, 0.717) is 23.5 Å². The minimum Gasteiger partial charge on any atom is -0.497 e. The van der Waals surface area contributed by atoms with Gasteiger partial charge in [-0.15, -0.1) is 5.10 Å². The fourth-order valence-electron chi connectivity index (χ4n) is 3.00. The van der Waals surface area contributed by atoms with Gasteiger partial charge in [-0.3, -0.25) is 4.79 Å². The molecule has 1 amide bonds. The van der Waals surface area contributed by atoms with E-state index >= 15 is 0 Å². The lowest BCUT2D eigenvalue weighted by Crippen LogP contribution is -2.11. The summed E-state index contributed by atoms with van der Waals surface area (Å²) in [5.41, 5.74) is 4.01. The maximum atomic E-state index is 12.5. The molecule has 0 radical (unpaired) electrons. The van der Waals surface area contributed by atoms with Crippen LogP contribution in [-0.2, 0) is 6.54 Å². The Balaban J connectivity index is 1.49. The second-order valence-corrected chi connectivity index (χ2v) is 6.55. The summed E-state index contributed by atoms with van der Waals surface area (Å²) >= 11 is 0. The van der Waals surface area contributed by atoms with Crippen molar-refractivity contribution in [3.63, 3.8) is 0 Å². The van der Waals surface area contributed by atoms with Crippen LogP contribution in [0.3, 0.4) is 0 Å². The summed E-state index contributed by atoms with van der Waals surface area (Å²) in [7, 11) is 1.57. The van der Waals surface area contributed by atoms with Crippen LogP contribution in [0.2, 0.25) is 0 Å². The molecule has 0 saturated carbocycles. The van der Waals surface area contributed by atoms with Gasteiger partial charge >= 0.3 is 0 Å². The summed E-state index contributed by atoms with van der Waals surface area (Å²) in [5.74, 6) is 0.440. The van der Waals surface area contributed by atoms with Crippen molar-refractivity contribution in [3.05, 3.63) is 96.2 Å². The van der Waals surface area contributed by atoms with Crippen LogP contribution in [0.1, 0.15) is 15.9 Å². The molecule has 6 nitrogen and oxygen atoms in total. The Morgan fingerprint density at radius 2 is 1.83 bits per heavy atom. The Hall–Kier alpha value is -3.93. The number of benzene rings is 3. The SMILES string of the molecule is COc1cccc(C(=O)Nc2cccc(-c3cn(Cc4ccccc4)nn3)c2)c1. The summed E-state index contributed by atoms with van der Waals surface area (Å²) in [6, 6.07) is 24.7. The topological polar surface area (TPSA) is 69.0 Å². The number of hydrogen-bond acceptors (Lipinski definition) is 4. The molecule has 0 saturated heterocycles. The Bertz CT molecular complexity index is 1120. The molecule has 0 aliphatic rings. The lowest BCUT2D eigenvalue weighted by atomic mass is 10.1. The summed E-state index contributed by atoms with van der Waals surface area (Å²) in [6.45, 7) is 0.653. The number of nitrogens with one attached hydrogen (secondary N) is 1. The number of ether oxygens (including phenoxy) is 1. The van der Waals surface area contributed by atoms with Gasteiger partial charge in [-0.1, -0.05) is 53.7 Å². The van der Waals surface area contributed by atoms with E-state index in [9.17, 15) is 4.79 Å². The number of anilines is 1. The van der Waals surface area contributed by atoms with Gasteiger partial charge in [-0.25, -0.2) is 4.68 Å². The van der Waals surface area contributed by atoms with Gasteiger partial charge in [-0.2, -0.15) is 0 Å². The largest absolute Gasteiger partial charge is 0.497 e. The molecule has 0 atom stereocenters. The van der Waals surface area contributed by atoms with E-state index < -0.39 is 0 Å². The number of rotatable bonds is 6. The lowest BCUT2D eigenvalue weighted by Gasteiger charge is -2.07. The molecule has 0 spiro atoms. The quantitative estimate of drug-likeness (QED) is 0.539. The van der Waals surface area contributed by atoms with E-state index in [4.69, 9.17) is 4.74 Å². The molecule has 1 N–H and O–H groups in total. The van der Waals surface area contributed by atoms with Gasteiger partial charge in [0.2, 0.25) is 0 Å². The van der Waals surface area contributed by atoms with Gasteiger partial charge in [0.05, 0.1) is 19.9 Å². The van der Waals surface area contributed by atoms with Gasteiger partial charge in [-0.05, 0) is 35.9 Å². The van der Waals surface area contributed by atoms with Crippen molar-refractivity contribution in [2.45, 2.75) is 6.54 Å². The van der Waals surface area contributed by atoms with Crippen molar-refractivity contribution in [1.29, 1.82) is 0 Å². The molecule has 6 heteroatoms. The van der Waals surface area contributed by atoms with Gasteiger partial charge in [0.25, 0.3) is 5.91 Å². The summed E-state index contributed by atoms with van der Waals surface area (Å²) in [5, 5.41) is 11.4. The molecule has 3 aromatic carbocycles. The molecule has 144 valence electrons. The van der Waals surface area contributed by atoms with Crippen LogP contribution in [0.4, 0.5) is 5.69 Å². The molecule has 0 aliphatic heterocycles. The van der Waals surface area contributed by atoms with Gasteiger partial charge < -0.3 is 10.1 Å². The molecule has 0 fully saturated rings. The number of aromatic nitrogens is 3. The van der Waals surface area contributed by atoms with Crippen LogP contribution in [-0.4, -0.2) is 28.0 Å². The smallest absolute Gasteiger partial charge is 0.255 e. The molecule has 29 heavy (non-hydrogen) atoms. The highest BCUT2D eigenvalue weighted by molar-refractivity contribution is 6.04. The van der Waals surface area contributed by atoms with Crippen molar-refractivity contribution >= 4 is 11.6 Å². The standard InChI is InChI=1S/C23H20N4O2/c1-29-21-12-6-10-19(14-21)23(28)24-20-11-5-9-18(13-20)22-16-27(26-25-22)15-17-7-3-2-4-8-17/h2-14,16H,15H2,1H3,(H,24,28). The third-order valence-corrected chi connectivity index (χ3v) is 4.47. The first-order valence-corrected chi connectivity index (χ1v) is 9.21. The molecular weight excluding hydrogens is 364 g/mol. The van der Waals surface area contributed by atoms with Crippen molar-refractivity contribution < 1.29 is 9.53 Å². The zero-order chi connectivity index (χ0) is 20.1. The van der Waals surface area contributed by atoms with Crippen LogP contribution in [0.5, 0.6) is 5.75 Å². The van der Waals surface area contributed by atoms with Crippen LogP contribution in [0, 0.1) is 0 Å². The predicted octanol–water partition coefficient (Wildman–Crippen LogP) is 4.25. The Labute approximate surface area is 168 Å². The van der Waals surface area contributed by atoms with Gasteiger partial charge in [0, 0.05) is 16.8 Å². The Morgan fingerprint density at radius 1 is 1.00 bits per heavy atom. The summed E-state index contributed by atoms with van der Waals surface area (Å²) in [4.78, 5) is 12.5. The number of hydrogen-bond donors (Lipinski definition) is 1. The van der Waals surface area contributed by atoms with Crippen LogP contribution in [0.25, 0.3) is 11.3 Å². The fourth-order valence-corrected chi connectivity index (χ4v) is 3.00. The maximum Gasteiger partial charge on any atom is 0.255 e. The number of nitrogens with zero attached hydrogens (tertiary/aromatic N) is 3. The van der Waals surface area contributed by atoms with Gasteiger partial charge in [0.1, 0.15) is 11.4 Å². The maximum absolute atomic E-state index is 12.5. The second-order valence-electron chi connectivity index (χ2n) is 6.55. The molecule has 1 aromatic heterocycles. The Morgan fingerprint density at radius 3 is 2.66 bits per heavy atom. The first-order chi connectivity index (χ1) is 14.2. The van der Waals surface area contributed by atoms with Crippen molar-refractivity contribution in [3.8, 4) is 17.0 Å². The zero-order valence-electron chi connectivity index (χ0n) is 15.9. The third kappa shape index (κ3) is 4.50. The average molecular weight is 384 g/mol. The number of methoxy groups -OCH3 is 1. The molecular formula is C23H20N4O2. The monoisotopic (exact) mass is 384 g/mol. The highest BCUT2D eigenvalue weighted by Crippen LogP contribution is 2.22. The predicted molar refractivity (Wildman–Crippen MR) is 112 cm³/mol. The van der Waals surface area contributed by atoms with E-state index in [2.05, 4.69) is 27.8 Å². The molecule has 0 aliphatic carbocycles. The van der Waals surface area contributed by atoms with Gasteiger partial charge in [0.15, 0.2) is 0 Å².